The van der Waals surface area contributed by atoms with Crippen molar-refractivity contribution in [2.75, 3.05) is 18.0 Å². The molecule has 1 aromatic carbocycles. The number of rotatable bonds is 4. The largest absolute Gasteiger partial charge is 0.351 e. The molecule has 1 saturated heterocycles. The molecule has 2 aromatic heterocycles. The number of hydrogen-bond acceptors (Lipinski definition) is 5. The highest BCUT2D eigenvalue weighted by Gasteiger charge is 2.33. The standard InChI is InChI=1S/C25H27ClFN5O2/c1-6-21(33)30-12-16(5)31(13-15(30)4)23-18-11-19(26)22(17-9-7-8-10-20(17)27)28-24(18)32(14(2)3)25(34)29-23/h6-11,14-16H,1,12-13H2,2-5H3. The SMILES string of the molecule is C=CC(=O)N1CC(C)N(c2nc(=O)n(C(C)C)c3nc(-c4ccccc4F)c(Cl)cc23)CC1C. The summed E-state index contributed by atoms with van der Waals surface area (Å²) in [5, 5.41) is 0.858. The van der Waals surface area contributed by atoms with Gasteiger partial charge in [0.05, 0.1) is 16.1 Å². The van der Waals surface area contributed by atoms with Crippen LogP contribution < -0.4 is 10.6 Å². The Bertz CT molecular complexity index is 1340. The van der Waals surface area contributed by atoms with Crippen LogP contribution in [0.15, 0.2) is 47.8 Å². The first-order valence-electron chi connectivity index (χ1n) is 11.2. The molecule has 178 valence electrons. The van der Waals surface area contributed by atoms with Gasteiger partial charge in [-0.05, 0) is 52.0 Å². The summed E-state index contributed by atoms with van der Waals surface area (Å²) >= 11 is 6.61. The van der Waals surface area contributed by atoms with E-state index in [9.17, 15) is 14.0 Å². The van der Waals surface area contributed by atoms with Gasteiger partial charge in [-0.3, -0.25) is 9.36 Å². The number of aromatic nitrogens is 3. The zero-order valence-electron chi connectivity index (χ0n) is 19.6. The first kappa shape index (κ1) is 23.9. The summed E-state index contributed by atoms with van der Waals surface area (Å²) in [7, 11) is 0. The van der Waals surface area contributed by atoms with Crippen molar-refractivity contribution < 1.29 is 9.18 Å². The number of fused-ring (bicyclic) bond motifs is 1. The van der Waals surface area contributed by atoms with E-state index in [-0.39, 0.29) is 40.3 Å². The number of anilines is 1. The Balaban J connectivity index is 1.93. The van der Waals surface area contributed by atoms with Crippen LogP contribution in [0.25, 0.3) is 22.3 Å². The number of carbonyl (C=O) groups is 1. The lowest BCUT2D eigenvalue weighted by molar-refractivity contribution is -0.128. The molecule has 2 unspecified atom stereocenters. The van der Waals surface area contributed by atoms with Crippen LogP contribution in [0, 0.1) is 5.82 Å². The highest BCUT2D eigenvalue weighted by atomic mass is 35.5. The molecular weight excluding hydrogens is 457 g/mol. The number of hydrogen-bond donors (Lipinski definition) is 0. The van der Waals surface area contributed by atoms with Gasteiger partial charge in [0, 0.05) is 36.8 Å². The second kappa shape index (κ2) is 9.18. The van der Waals surface area contributed by atoms with Crippen molar-refractivity contribution in [1.82, 2.24) is 19.4 Å². The summed E-state index contributed by atoms with van der Waals surface area (Å²) in [6.07, 6.45) is 1.31. The van der Waals surface area contributed by atoms with Gasteiger partial charge >= 0.3 is 5.69 Å². The van der Waals surface area contributed by atoms with Gasteiger partial charge in [0.25, 0.3) is 0 Å². The minimum Gasteiger partial charge on any atom is -0.349 e. The number of amides is 1. The maximum Gasteiger partial charge on any atom is 0.351 e. The normalized spacial score (nSPS) is 18.6. The first-order chi connectivity index (χ1) is 16.1. The summed E-state index contributed by atoms with van der Waals surface area (Å²) in [6.45, 7) is 12.2. The number of halogens is 2. The second-order valence-corrected chi connectivity index (χ2v) is 9.30. The number of nitrogens with zero attached hydrogens (tertiary/aromatic N) is 5. The Labute approximate surface area is 202 Å². The first-order valence-corrected chi connectivity index (χ1v) is 11.6. The van der Waals surface area contributed by atoms with Gasteiger partial charge < -0.3 is 9.80 Å². The van der Waals surface area contributed by atoms with E-state index in [0.717, 1.165) is 0 Å². The molecule has 0 saturated carbocycles. The van der Waals surface area contributed by atoms with Crippen LogP contribution >= 0.6 is 11.6 Å². The Morgan fingerprint density at radius 2 is 1.91 bits per heavy atom. The maximum absolute atomic E-state index is 14.6. The van der Waals surface area contributed by atoms with Crippen LogP contribution in [-0.4, -0.2) is 50.5 Å². The highest BCUT2D eigenvalue weighted by Crippen LogP contribution is 2.35. The van der Waals surface area contributed by atoms with Crippen molar-refractivity contribution in [2.24, 2.45) is 0 Å². The monoisotopic (exact) mass is 483 g/mol. The quantitative estimate of drug-likeness (QED) is 0.513. The van der Waals surface area contributed by atoms with Gasteiger partial charge in [-0.25, -0.2) is 14.2 Å². The van der Waals surface area contributed by atoms with Crippen molar-refractivity contribution in [3.05, 3.63) is 64.3 Å². The molecule has 1 aliphatic rings. The van der Waals surface area contributed by atoms with Crippen molar-refractivity contribution in [2.45, 2.75) is 45.8 Å². The van der Waals surface area contributed by atoms with Gasteiger partial charge in [-0.15, -0.1) is 0 Å². The fourth-order valence-electron chi connectivity index (χ4n) is 4.50. The smallest absolute Gasteiger partial charge is 0.349 e. The van der Waals surface area contributed by atoms with Gasteiger partial charge in [0.15, 0.2) is 0 Å². The van der Waals surface area contributed by atoms with Gasteiger partial charge in [-0.2, -0.15) is 4.98 Å². The summed E-state index contributed by atoms with van der Waals surface area (Å²) in [6, 6.07) is 7.50. The third-order valence-corrected chi connectivity index (χ3v) is 6.48. The van der Waals surface area contributed by atoms with Crippen molar-refractivity contribution >= 4 is 34.4 Å². The third kappa shape index (κ3) is 4.07. The average molecular weight is 484 g/mol. The molecule has 0 spiro atoms. The molecule has 7 nitrogen and oxygen atoms in total. The molecule has 0 bridgehead atoms. The van der Waals surface area contributed by atoms with E-state index in [0.29, 0.717) is 29.9 Å². The van der Waals surface area contributed by atoms with Gasteiger partial charge in [-0.1, -0.05) is 30.3 Å². The molecule has 1 amide bonds. The van der Waals surface area contributed by atoms with E-state index in [2.05, 4.69) is 11.6 Å². The Morgan fingerprint density at radius 1 is 1.21 bits per heavy atom. The number of carbonyl (C=O) groups excluding carboxylic acids is 1. The lowest BCUT2D eigenvalue weighted by atomic mass is 10.1. The van der Waals surface area contributed by atoms with Crippen molar-refractivity contribution in [3.8, 4) is 11.3 Å². The van der Waals surface area contributed by atoms with Crippen LogP contribution in [0.3, 0.4) is 0 Å². The fourth-order valence-corrected chi connectivity index (χ4v) is 4.75. The van der Waals surface area contributed by atoms with Crippen LogP contribution in [-0.2, 0) is 4.79 Å². The van der Waals surface area contributed by atoms with Crippen LogP contribution in [0.2, 0.25) is 5.02 Å². The molecule has 0 aliphatic carbocycles. The third-order valence-electron chi connectivity index (χ3n) is 6.19. The Morgan fingerprint density at radius 3 is 2.56 bits per heavy atom. The summed E-state index contributed by atoms with van der Waals surface area (Å²) < 4.78 is 16.1. The Hall–Kier alpha value is -3.26. The molecule has 34 heavy (non-hydrogen) atoms. The highest BCUT2D eigenvalue weighted by molar-refractivity contribution is 6.33. The molecule has 1 aliphatic heterocycles. The minimum absolute atomic E-state index is 0.116. The van der Waals surface area contributed by atoms with Gasteiger partial charge in [0.1, 0.15) is 17.3 Å². The van der Waals surface area contributed by atoms with Crippen LogP contribution in [0.1, 0.15) is 33.7 Å². The number of piperazine rings is 1. The molecule has 1 fully saturated rings. The minimum atomic E-state index is -0.450. The van der Waals surface area contributed by atoms with E-state index in [1.807, 2.05) is 32.6 Å². The predicted octanol–water partition coefficient (Wildman–Crippen LogP) is 4.44. The molecule has 3 heterocycles. The summed E-state index contributed by atoms with van der Waals surface area (Å²) in [4.78, 5) is 38.3. The van der Waals surface area contributed by atoms with Crippen molar-refractivity contribution in [1.29, 1.82) is 0 Å². The van der Waals surface area contributed by atoms with E-state index < -0.39 is 11.5 Å². The zero-order chi connectivity index (χ0) is 24.7. The fraction of sp³-hybridized carbons (Fsp3) is 0.360. The molecule has 2 atom stereocenters. The van der Waals surface area contributed by atoms with E-state index >= 15 is 0 Å². The molecular formula is C25H27ClFN5O2. The maximum atomic E-state index is 14.6. The summed E-state index contributed by atoms with van der Waals surface area (Å²) in [5.74, 6) is -0.128. The van der Waals surface area contributed by atoms with E-state index in [4.69, 9.17) is 16.6 Å². The van der Waals surface area contributed by atoms with Crippen LogP contribution in [0.4, 0.5) is 10.2 Å². The molecule has 9 heteroatoms. The van der Waals surface area contributed by atoms with Gasteiger partial charge in [0.2, 0.25) is 5.91 Å². The summed E-state index contributed by atoms with van der Waals surface area (Å²) in [5.41, 5.74) is 0.462. The molecule has 4 rings (SSSR count). The number of benzene rings is 1. The predicted molar refractivity (Wildman–Crippen MR) is 133 cm³/mol. The topological polar surface area (TPSA) is 71.3 Å². The second-order valence-electron chi connectivity index (χ2n) is 8.90. The van der Waals surface area contributed by atoms with E-state index in [1.54, 1.807) is 29.2 Å². The molecule has 3 aromatic rings. The Kier molecular flexibility index (Phi) is 6.45. The lowest BCUT2D eigenvalue weighted by Gasteiger charge is -2.44. The van der Waals surface area contributed by atoms with Crippen LogP contribution in [0.5, 0.6) is 0 Å². The zero-order valence-corrected chi connectivity index (χ0v) is 20.4. The van der Waals surface area contributed by atoms with Crippen molar-refractivity contribution in [3.63, 3.8) is 0 Å². The van der Waals surface area contributed by atoms with E-state index in [1.165, 1.54) is 16.7 Å². The average Bonchev–Trinajstić information content (AvgIpc) is 2.79. The number of pyridine rings is 1. The molecule has 0 radical (unpaired) electrons. The lowest BCUT2D eigenvalue weighted by Crippen LogP contribution is -2.58. The molecule has 0 N–H and O–H groups in total.